The van der Waals surface area contributed by atoms with Crippen LogP contribution in [0.2, 0.25) is 5.02 Å². The number of nitrogens with zero attached hydrogens (tertiary/aromatic N) is 2. The van der Waals surface area contributed by atoms with E-state index in [0.717, 1.165) is 21.2 Å². The minimum Gasteiger partial charge on any atom is -0.147 e. The van der Waals surface area contributed by atoms with E-state index in [1.807, 2.05) is 25.1 Å². The number of hydrogen-bond donors (Lipinski definition) is 0. The lowest BCUT2D eigenvalue weighted by atomic mass is 10.1. The van der Waals surface area contributed by atoms with Crippen molar-refractivity contribution in [2.75, 3.05) is 0 Å². The lowest BCUT2D eigenvalue weighted by Crippen LogP contribution is -1.79. The highest BCUT2D eigenvalue weighted by molar-refractivity contribution is 7.12. The quantitative estimate of drug-likeness (QED) is 0.723. The summed E-state index contributed by atoms with van der Waals surface area (Å²) in [7, 11) is 0. The molecule has 0 radical (unpaired) electrons. The molecule has 0 unspecified atom stereocenters. The summed E-state index contributed by atoms with van der Waals surface area (Å²) in [6.45, 7) is 2.01. The van der Waals surface area contributed by atoms with Gasteiger partial charge in [-0.25, -0.2) is 0 Å². The van der Waals surface area contributed by atoms with E-state index in [9.17, 15) is 0 Å². The molecule has 2 rings (SSSR count). The fraction of sp³-hybridized carbons (Fsp3) is 0.111. The monoisotopic (exact) mass is 210 g/mol. The minimum absolute atomic E-state index is 0.741. The van der Waals surface area contributed by atoms with Crippen molar-refractivity contribution in [1.82, 2.24) is 10.2 Å². The molecular weight excluding hydrogens is 204 g/mol. The Hall–Kier alpha value is -0.930. The van der Waals surface area contributed by atoms with Gasteiger partial charge in [0.25, 0.3) is 0 Å². The maximum absolute atomic E-state index is 5.92. The van der Waals surface area contributed by atoms with Gasteiger partial charge in [-0.3, -0.25) is 0 Å². The first-order chi connectivity index (χ1) is 6.25. The second-order valence-electron chi connectivity index (χ2n) is 2.76. The molecule has 0 saturated carbocycles. The zero-order valence-electron chi connectivity index (χ0n) is 6.99. The lowest BCUT2D eigenvalue weighted by molar-refractivity contribution is 1.09. The van der Waals surface area contributed by atoms with E-state index in [1.54, 1.807) is 5.51 Å². The Morgan fingerprint density at radius 2 is 2.15 bits per heavy atom. The summed E-state index contributed by atoms with van der Waals surface area (Å²) >= 11 is 7.44. The van der Waals surface area contributed by atoms with Crippen molar-refractivity contribution in [3.63, 3.8) is 0 Å². The standard InChI is InChI=1S/C9H7ClN2S/c1-6-2-7(4-8(10)3-6)9-12-11-5-13-9/h2-5H,1H3. The zero-order valence-corrected chi connectivity index (χ0v) is 8.56. The Morgan fingerprint density at radius 3 is 2.77 bits per heavy atom. The molecule has 13 heavy (non-hydrogen) atoms. The predicted octanol–water partition coefficient (Wildman–Crippen LogP) is 3.17. The van der Waals surface area contributed by atoms with Crippen LogP contribution >= 0.6 is 22.9 Å². The van der Waals surface area contributed by atoms with Gasteiger partial charge in [0.05, 0.1) is 0 Å². The molecule has 0 atom stereocenters. The second kappa shape index (κ2) is 3.44. The van der Waals surface area contributed by atoms with E-state index >= 15 is 0 Å². The Morgan fingerprint density at radius 1 is 1.31 bits per heavy atom. The summed E-state index contributed by atoms with van der Waals surface area (Å²) < 4.78 is 0. The summed E-state index contributed by atoms with van der Waals surface area (Å²) in [4.78, 5) is 0. The normalized spacial score (nSPS) is 10.3. The molecule has 0 bridgehead atoms. The van der Waals surface area contributed by atoms with Gasteiger partial charge in [-0.05, 0) is 30.7 Å². The molecule has 0 aliphatic carbocycles. The van der Waals surface area contributed by atoms with Gasteiger partial charge >= 0.3 is 0 Å². The van der Waals surface area contributed by atoms with Crippen LogP contribution in [0, 0.1) is 6.92 Å². The molecule has 0 aliphatic heterocycles. The first-order valence-electron chi connectivity index (χ1n) is 3.79. The highest BCUT2D eigenvalue weighted by atomic mass is 35.5. The molecule has 1 aromatic carbocycles. The predicted molar refractivity (Wildman–Crippen MR) is 55.1 cm³/mol. The summed E-state index contributed by atoms with van der Waals surface area (Å²) in [5, 5.41) is 9.41. The third-order valence-electron chi connectivity index (χ3n) is 1.65. The number of halogens is 1. The van der Waals surface area contributed by atoms with E-state index in [0.29, 0.717) is 0 Å². The number of rotatable bonds is 1. The molecular formula is C9H7ClN2S. The average molecular weight is 211 g/mol. The third-order valence-corrected chi connectivity index (χ3v) is 2.61. The van der Waals surface area contributed by atoms with Crippen LogP contribution < -0.4 is 0 Å². The molecule has 1 heterocycles. The number of aromatic nitrogens is 2. The first-order valence-corrected chi connectivity index (χ1v) is 5.05. The number of hydrogen-bond acceptors (Lipinski definition) is 3. The third kappa shape index (κ3) is 1.87. The van der Waals surface area contributed by atoms with Gasteiger partial charge < -0.3 is 0 Å². The molecule has 0 amide bonds. The number of aryl methyl sites for hydroxylation is 1. The maximum Gasteiger partial charge on any atom is 0.147 e. The Kier molecular flexibility index (Phi) is 2.29. The Labute approximate surface area is 85.2 Å². The van der Waals surface area contributed by atoms with Crippen molar-refractivity contribution >= 4 is 22.9 Å². The lowest BCUT2D eigenvalue weighted by Gasteiger charge is -1.98. The Balaban J connectivity index is 2.53. The van der Waals surface area contributed by atoms with Crippen LogP contribution in [-0.2, 0) is 0 Å². The van der Waals surface area contributed by atoms with Gasteiger partial charge in [0.1, 0.15) is 10.5 Å². The van der Waals surface area contributed by atoms with Crippen molar-refractivity contribution in [2.24, 2.45) is 0 Å². The van der Waals surface area contributed by atoms with Gasteiger partial charge in [-0.15, -0.1) is 10.2 Å². The topological polar surface area (TPSA) is 25.8 Å². The van der Waals surface area contributed by atoms with Crippen LogP contribution in [0.3, 0.4) is 0 Å². The van der Waals surface area contributed by atoms with Gasteiger partial charge in [0.2, 0.25) is 0 Å². The number of benzene rings is 1. The van der Waals surface area contributed by atoms with E-state index in [2.05, 4.69) is 10.2 Å². The first kappa shape index (κ1) is 8.66. The highest BCUT2D eigenvalue weighted by Crippen LogP contribution is 2.25. The van der Waals surface area contributed by atoms with Crippen molar-refractivity contribution in [2.45, 2.75) is 6.92 Å². The summed E-state index contributed by atoms with van der Waals surface area (Å²) in [5.74, 6) is 0. The van der Waals surface area contributed by atoms with Crippen molar-refractivity contribution < 1.29 is 0 Å². The fourth-order valence-corrected chi connectivity index (χ4v) is 1.99. The van der Waals surface area contributed by atoms with Gasteiger partial charge in [0, 0.05) is 10.6 Å². The fourth-order valence-electron chi connectivity index (χ4n) is 1.16. The smallest absolute Gasteiger partial charge is 0.147 e. The minimum atomic E-state index is 0.741. The molecule has 0 N–H and O–H groups in total. The van der Waals surface area contributed by atoms with Crippen LogP contribution in [0.4, 0.5) is 0 Å². The van der Waals surface area contributed by atoms with E-state index in [1.165, 1.54) is 11.3 Å². The van der Waals surface area contributed by atoms with E-state index < -0.39 is 0 Å². The summed E-state index contributed by atoms with van der Waals surface area (Å²) in [6, 6.07) is 5.87. The molecule has 0 aliphatic rings. The van der Waals surface area contributed by atoms with E-state index in [4.69, 9.17) is 11.6 Å². The van der Waals surface area contributed by atoms with Crippen molar-refractivity contribution in [1.29, 1.82) is 0 Å². The molecule has 66 valence electrons. The molecule has 0 spiro atoms. The van der Waals surface area contributed by atoms with Crippen LogP contribution in [0.25, 0.3) is 10.6 Å². The maximum atomic E-state index is 5.92. The Bertz CT molecular complexity index is 391. The molecule has 4 heteroatoms. The summed E-state index contributed by atoms with van der Waals surface area (Å²) in [6.07, 6.45) is 0. The van der Waals surface area contributed by atoms with Gasteiger partial charge in [-0.2, -0.15) is 0 Å². The van der Waals surface area contributed by atoms with Crippen molar-refractivity contribution in [3.8, 4) is 10.6 Å². The molecule has 2 nitrogen and oxygen atoms in total. The molecule has 1 aromatic heterocycles. The highest BCUT2D eigenvalue weighted by Gasteiger charge is 2.02. The zero-order chi connectivity index (χ0) is 9.26. The SMILES string of the molecule is Cc1cc(Cl)cc(-c2nncs2)c1. The van der Waals surface area contributed by atoms with Crippen LogP contribution in [-0.4, -0.2) is 10.2 Å². The average Bonchev–Trinajstić information content (AvgIpc) is 2.53. The van der Waals surface area contributed by atoms with E-state index in [-0.39, 0.29) is 0 Å². The largest absolute Gasteiger partial charge is 0.147 e. The van der Waals surface area contributed by atoms with Crippen LogP contribution in [0.15, 0.2) is 23.7 Å². The molecule has 0 saturated heterocycles. The van der Waals surface area contributed by atoms with Crippen LogP contribution in [0.5, 0.6) is 0 Å². The van der Waals surface area contributed by atoms with Gasteiger partial charge in [0.15, 0.2) is 0 Å². The van der Waals surface area contributed by atoms with Crippen LogP contribution in [0.1, 0.15) is 5.56 Å². The second-order valence-corrected chi connectivity index (χ2v) is 4.03. The molecule has 2 aromatic rings. The van der Waals surface area contributed by atoms with Crippen molar-refractivity contribution in [3.05, 3.63) is 34.3 Å². The van der Waals surface area contributed by atoms with Gasteiger partial charge in [-0.1, -0.05) is 22.9 Å². The molecule has 0 fully saturated rings. The summed E-state index contributed by atoms with van der Waals surface area (Å²) in [5.41, 5.74) is 3.89.